The van der Waals surface area contributed by atoms with Crippen LogP contribution >= 0.6 is 11.8 Å². The first-order valence-corrected chi connectivity index (χ1v) is 9.41. The number of benzene rings is 2. The summed E-state index contributed by atoms with van der Waals surface area (Å²) in [5.74, 6) is -0.732. The molecule has 1 saturated heterocycles. The number of hydrogen-bond acceptors (Lipinski definition) is 4. The minimum absolute atomic E-state index is 0.466. The number of carboxylic acid groups (broad SMARTS) is 1. The molecule has 4 nitrogen and oxygen atoms in total. The summed E-state index contributed by atoms with van der Waals surface area (Å²) in [6.07, 6.45) is 0.537. The highest BCUT2D eigenvalue weighted by atomic mass is 32.2. The zero-order valence-electron chi connectivity index (χ0n) is 14.5. The van der Waals surface area contributed by atoms with Crippen LogP contribution in [0.5, 0.6) is 0 Å². The van der Waals surface area contributed by atoms with Crippen molar-refractivity contribution in [3.63, 3.8) is 0 Å². The van der Waals surface area contributed by atoms with E-state index < -0.39 is 12.0 Å². The summed E-state index contributed by atoms with van der Waals surface area (Å²) in [5.41, 5.74) is 1.10. The summed E-state index contributed by atoms with van der Waals surface area (Å²) in [6.45, 7) is 3.46. The molecule has 25 heavy (non-hydrogen) atoms. The third kappa shape index (κ3) is 4.84. The Kier molecular flexibility index (Phi) is 6.13. The molecule has 0 spiro atoms. The van der Waals surface area contributed by atoms with E-state index in [-0.39, 0.29) is 0 Å². The summed E-state index contributed by atoms with van der Waals surface area (Å²) >= 11 is 1.70. The maximum Gasteiger partial charge on any atom is 0.321 e. The van der Waals surface area contributed by atoms with Crippen molar-refractivity contribution in [2.75, 3.05) is 33.2 Å². The second-order valence-corrected chi connectivity index (χ2v) is 7.54. The lowest BCUT2D eigenvalue weighted by molar-refractivity contribution is -0.144. The van der Waals surface area contributed by atoms with Crippen molar-refractivity contribution in [3.8, 4) is 0 Å². The predicted molar refractivity (Wildman–Crippen MR) is 101 cm³/mol. The van der Waals surface area contributed by atoms with Gasteiger partial charge in [-0.1, -0.05) is 48.2 Å². The van der Waals surface area contributed by atoms with Crippen molar-refractivity contribution in [1.82, 2.24) is 9.80 Å². The Morgan fingerprint density at radius 3 is 2.36 bits per heavy atom. The van der Waals surface area contributed by atoms with E-state index in [4.69, 9.17) is 0 Å². The summed E-state index contributed by atoms with van der Waals surface area (Å²) < 4.78 is 0. The largest absolute Gasteiger partial charge is 0.480 e. The lowest BCUT2D eigenvalue weighted by atomic mass is 10.0. The molecule has 1 unspecified atom stereocenters. The molecule has 0 bridgehead atoms. The fourth-order valence-electron chi connectivity index (χ4n) is 3.10. The lowest BCUT2D eigenvalue weighted by Gasteiger charge is -2.36. The monoisotopic (exact) mass is 356 g/mol. The molecule has 2 aromatic carbocycles. The number of carboxylic acids is 1. The van der Waals surface area contributed by atoms with Gasteiger partial charge in [0.15, 0.2) is 0 Å². The zero-order valence-corrected chi connectivity index (χ0v) is 15.3. The summed E-state index contributed by atoms with van der Waals surface area (Å²) in [4.78, 5) is 18.5. The van der Waals surface area contributed by atoms with Crippen molar-refractivity contribution >= 4 is 17.7 Å². The molecule has 5 heteroatoms. The van der Waals surface area contributed by atoms with Gasteiger partial charge in [-0.05, 0) is 37.2 Å². The van der Waals surface area contributed by atoms with Crippen molar-refractivity contribution in [2.24, 2.45) is 0 Å². The van der Waals surface area contributed by atoms with Crippen LogP contribution in [0.2, 0.25) is 0 Å². The van der Waals surface area contributed by atoms with Crippen molar-refractivity contribution in [1.29, 1.82) is 0 Å². The summed E-state index contributed by atoms with van der Waals surface area (Å²) in [7, 11) is 2.08. The standard InChI is InChI=1S/C20H24N2O2S/c1-21-11-13-22(14-12-21)18(20(23)24)15-16-7-5-6-10-19(16)25-17-8-3-2-4-9-17/h2-10,18H,11-15H2,1H3,(H,23,24). The molecular weight excluding hydrogens is 332 g/mol. The number of piperazine rings is 1. The third-order valence-corrected chi connectivity index (χ3v) is 5.75. The van der Waals surface area contributed by atoms with Gasteiger partial charge in [0.1, 0.15) is 6.04 Å². The van der Waals surface area contributed by atoms with Crippen molar-refractivity contribution < 1.29 is 9.90 Å². The van der Waals surface area contributed by atoms with Crippen LogP contribution in [0.3, 0.4) is 0 Å². The van der Waals surface area contributed by atoms with Crippen LogP contribution in [0.4, 0.5) is 0 Å². The molecular formula is C20H24N2O2S. The Morgan fingerprint density at radius 1 is 1.04 bits per heavy atom. The smallest absolute Gasteiger partial charge is 0.321 e. The number of carbonyl (C=O) groups is 1. The van der Waals surface area contributed by atoms with E-state index in [0.717, 1.165) is 36.6 Å². The van der Waals surface area contributed by atoms with Gasteiger partial charge in [0.2, 0.25) is 0 Å². The second kappa shape index (κ2) is 8.52. The average Bonchev–Trinajstić information content (AvgIpc) is 2.62. The van der Waals surface area contributed by atoms with Crippen LogP contribution in [0.25, 0.3) is 0 Å². The van der Waals surface area contributed by atoms with Gasteiger partial charge in [-0.3, -0.25) is 9.69 Å². The van der Waals surface area contributed by atoms with Crippen LogP contribution in [0.15, 0.2) is 64.4 Å². The molecule has 0 aliphatic carbocycles. The molecule has 1 heterocycles. The number of likely N-dealkylation sites (N-methyl/N-ethyl adjacent to an activating group) is 1. The van der Waals surface area contributed by atoms with Crippen molar-refractivity contribution in [3.05, 3.63) is 60.2 Å². The number of hydrogen-bond donors (Lipinski definition) is 1. The molecule has 0 amide bonds. The first kappa shape index (κ1) is 18.0. The molecule has 1 N–H and O–H groups in total. The van der Waals surface area contributed by atoms with Crippen LogP contribution in [-0.4, -0.2) is 60.1 Å². The highest BCUT2D eigenvalue weighted by Crippen LogP contribution is 2.31. The van der Waals surface area contributed by atoms with E-state index >= 15 is 0 Å². The van der Waals surface area contributed by atoms with Gasteiger partial charge in [0.05, 0.1) is 0 Å². The summed E-state index contributed by atoms with van der Waals surface area (Å²) in [5, 5.41) is 9.77. The van der Waals surface area contributed by atoms with Gasteiger partial charge in [-0.2, -0.15) is 0 Å². The van der Waals surface area contributed by atoms with E-state index in [9.17, 15) is 9.90 Å². The zero-order chi connectivity index (χ0) is 17.6. The Balaban J connectivity index is 1.77. The van der Waals surface area contributed by atoms with Gasteiger partial charge < -0.3 is 10.0 Å². The number of nitrogens with zero attached hydrogens (tertiary/aromatic N) is 2. The molecule has 0 aromatic heterocycles. The Hall–Kier alpha value is -1.82. The molecule has 1 fully saturated rings. The normalized spacial score (nSPS) is 17.3. The molecule has 1 atom stereocenters. The quantitative estimate of drug-likeness (QED) is 0.862. The molecule has 1 aliphatic heterocycles. The van der Waals surface area contributed by atoms with E-state index in [2.05, 4.69) is 41.1 Å². The predicted octanol–water partition coefficient (Wildman–Crippen LogP) is 3.08. The van der Waals surface area contributed by atoms with Gasteiger partial charge in [-0.25, -0.2) is 0 Å². The Bertz CT molecular complexity index is 700. The first-order chi connectivity index (χ1) is 12.1. The Labute approximate surface area is 153 Å². The molecule has 0 radical (unpaired) electrons. The maximum atomic E-state index is 11.9. The maximum absolute atomic E-state index is 11.9. The van der Waals surface area contributed by atoms with E-state index in [1.54, 1.807) is 11.8 Å². The van der Waals surface area contributed by atoms with Gasteiger partial charge in [-0.15, -0.1) is 0 Å². The highest BCUT2D eigenvalue weighted by Gasteiger charge is 2.28. The molecule has 1 aliphatic rings. The third-order valence-electron chi connectivity index (χ3n) is 4.62. The Morgan fingerprint density at radius 2 is 1.68 bits per heavy atom. The van der Waals surface area contributed by atoms with E-state index in [1.807, 2.05) is 30.3 Å². The van der Waals surface area contributed by atoms with Crippen molar-refractivity contribution in [2.45, 2.75) is 22.3 Å². The van der Waals surface area contributed by atoms with Crippen LogP contribution in [0, 0.1) is 0 Å². The second-order valence-electron chi connectivity index (χ2n) is 6.42. The summed E-state index contributed by atoms with van der Waals surface area (Å²) in [6, 6.07) is 17.9. The average molecular weight is 356 g/mol. The van der Waals surface area contributed by atoms with E-state index in [1.165, 1.54) is 4.90 Å². The van der Waals surface area contributed by atoms with Crippen LogP contribution in [0.1, 0.15) is 5.56 Å². The molecule has 3 rings (SSSR count). The molecule has 132 valence electrons. The molecule has 2 aromatic rings. The SMILES string of the molecule is CN1CCN(C(Cc2ccccc2Sc2ccccc2)C(=O)O)CC1. The minimum atomic E-state index is -0.732. The number of aliphatic carboxylic acids is 1. The topological polar surface area (TPSA) is 43.8 Å². The molecule has 0 saturated carbocycles. The van der Waals surface area contributed by atoms with Gasteiger partial charge >= 0.3 is 5.97 Å². The van der Waals surface area contributed by atoms with E-state index in [0.29, 0.717) is 6.42 Å². The fourth-order valence-corrected chi connectivity index (χ4v) is 4.08. The minimum Gasteiger partial charge on any atom is -0.480 e. The van der Waals surface area contributed by atoms with Gasteiger partial charge in [0.25, 0.3) is 0 Å². The van der Waals surface area contributed by atoms with Crippen LogP contribution < -0.4 is 0 Å². The fraction of sp³-hybridized carbons (Fsp3) is 0.350. The van der Waals surface area contributed by atoms with Crippen LogP contribution in [-0.2, 0) is 11.2 Å². The van der Waals surface area contributed by atoms with Gasteiger partial charge in [0, 0.05) is 36.0 Å². The lowest BCUT2D eigenvalue weighted by Crippen LogP contribution is -2.52. The highest BCUT2D eigenvalue weighted by molar-refractivity contribution is 7.99. The first-order valence-electron chi connectivity index (χ1n) is 8.59. The number of rotatable bonds is 6.